The van der Waals surface area contributed by atoms with E-state index in [2.05, 4.69) is 26.1 Å². The number of hydrogen-bond acceptors (Lipinski definition) is 3. The van der Waals surface area contributed by atoms with Crippen molar-refractivity contribution in [3.8, 4) is 0 Å². The number of aliphatic hydroxyl groups is 1. The van der Waals surface area contributed by atoms with E-state index in [1.54, 1.807) is 0 Å². The van der Waals surface area contributed by atoms with E-state index in [4.69, 9.17) is 10.8 Å². The van der Waals surface area contributed by atoms with Crippen molar-refractivity contribution < 1.29 is 9.90 Å². The first-order valence-electron chi connectivity index (χ1n) is 6.19. The molecule has 3 atom stereocenters. The zero-order valence-corrected chi connectivity index (χ0v) is 10.9. The molecule has 0 saturated heterocycles. The highest BCUT2D eigenvalue weighted by Gasteiger charge is 2.29. The zero-order valence-electron chi connectivity index (χ0n) is 10.9. The lowest BCUT2D eigenvalue weighted by Gasteiger charge is -2.32. The van der Waals surface area contributed by atoms with Gasteiger partial charge in [0.2, 0.25) is 5.91 Å². The molecule has 0 heterocycles. The van der Waals surface area contributed by atoms with E-state index in [0.29, 0.717) is 12.8 Å². The molecular formula is C13H24N2O2. The van der Waals surface area contributed by atoms with Crippen LogP contribution in [0.4, 0.5) is 0 Å². The van der Waals surface area contributed by atoms with E-state index in [1.807, 2.05) is 12.2 Å². The third-order valence-electron chi connectivity index (χ3n) is 3.23. The highest BCUT2D eigenvalue weighted by molar-refractivity contribution is 5.81. The first-order valence-corrected chi connectivity index (χ1v) is 6.19. The predicted molar refractivity (Wildman–Crippen MR) is 68.3 cm³/mol. The summed E-state index contributed by atoms with van der Waals surface area (Å²) < 4.78 is 0. The summed E-state index contributed by atoms with van der Waals surface area (Å²) in [5.41, 5.74) is 5.68. The van der Waals surface area contributed by atoms with E-state index >= 15 is 0 Å². The van der Waals surface area contributed by atoms with Gasteiger partial charge in [-0.3, -0.25) is 4.79 Å². The Hall–Kier alpha value is -0.870. The van der Waals surface area contributed by atoms with Gasteiger partial charge in [0, 0.05) is 18.7 Å². The topological polar surface area (TPSA) is 75.3 Å². The molecule has 0 aliphatic heterocycles. The van der Waals surface area contributed by atoms with Crippen LogP contribution in [0.3, 0.4) is 0 Å². The largest absolute Gasteiger partial charge is 0.396 e. The summed E-state index contributed by atoms with van der Waals surface area (Å²) in [4.78, 5) is 12.0. The van der Waals surface area contributed by atoms with Crippen LogP contribution >= 0.6 is 0 Å². The lowest BCUT2D eigenvalue weighted by molar-refractivity contribution is -0.125. The number of rotatable bonds is 4. The Morgan fingerprint density at radius 3 is 2.59 bits per heavy atom. The Labute approximate surface area is 103 Å². The SMILES string of the molecule is CC(C)(C)C(CCO)NC(=O)C1C=CC(N)C1. The number of amides is 1. The van der Waals surface area contributed by atoms with Gasteiger partial charge in [0.25, 0.3) is 0 Å². The minimum absolute atomic E-state index is 0.00308. The second-order valence-corrected chi connectivity index (χ2v) is 5.83. The fourth-order valence-corrected chi connectivity index (χ4v) is 2.05. The maximum Gasteiger partial charge on any atom is 0.227 e. The second kappa shape index (κ2) is 5.65. The second-order valence-electron chi connectivity index (χ2n) is 5.83. The summed E-state index contributed by atoms with van der Waals surface area (Å²) in [5, 5.41) is 12.0. The van der Waals surface area contributed by atoms with Gasteiger partial charge in [-0.25, -0.2) is 0 Å². The van der Waals surface area contributed by atoms with Crippen LogP contribution in [0.15, 0.2) is 12.2 Å². The summed E-state index contributed by atoms with van der Waals surface area (Å²) >= 11 is 0. The number of carbonyl (C=O) groups is 1. The molecule has 0 aromatic rings. The Kier molecular flexibility index (Phi) is 4.71. The van der Waals surface area contributed by atoms with Crippen molar-refractivity contribution in [1.82, 2.24) is 5.32 Å². The molecule has 4 N–H and O–H groups in total. The van der Waals surface area contributed by atoms with Crippen LogP contribution in [0.25, 0.3) is 0 Å². The number of nitrogens with one attached hydrogen (secondary N) is 1. The lowest BCUT2D eigenvalue weighted by Crippen LogP contribution is -2.46. The molecule has 0 saturated carbocycles. The monoisotopic (exact) mass is 240 g/mol. The molecular weight excluding hydrogens is 216 g/mol. The van der Waals surface area contributed by atoms with Gasteiger partial charge in [0.1, 0.15) is 0 Å². The van der Waals surface area contributed by atoms with Gasteiger partial charge in [-0.05, 0) is 18.3 Å². The van der Waals surface area contributed by atoms with Crippen LogP contribution in [0.5, 0.6) is 0 Å². The minimum atomic E-state index is -0.117. The molecule has 4 heteroatoms. The number of carbonyl (C=O) groups excluding carboxylic acids is 1. The Balaban J connectivity index is 2.56. The molecule has 3 unspecified atom stereocenters. The first-order chi connectivity index (χ1) is 7.84. The van der Waals surface area contributed by atoms with Crippen LogP contribution in [0, 0.1) is 11.3 Å². The standard InChI is InChI=1S/C13H24N2O2/c1-13(2,3)11(6-7-16)15-12(17)9-4-5-10(14)8-9/h4-5,9-11,16H,6-8,14H2,1-3H3,(H,15,17). The molecule has 4 nitrogen and oxygen atoms in total. The van der Waals surface area contributed by atoms with Gasteiger partial charge in [-0.15, -0.1) is 0 Å². The molecule has 0 bridgehead atoms. The Bertz CT molecular complexity index is 294. The summed E-state index contributed by atoms with van der Waals surface area (Å²) in [6, 6.07) is -0.0121. The average molecular weight is 240 g/mol. The van der Waals surface area contributed by atoms with E-state index in [1.165, 1.54) is 0 Å². The fourth-order valence-electron chi connectivity index (χ4n) is 2.05. The molecule has 0 spiro atoms. The van der Waals surface area contributed by atoms with Crippen molar-refractivity contribution in [3.05, 3.63) is 12.2 Å². The van der Waals surface area contributed by atoms with Crippen molar-refractivity contribution in [3.63, 3.8) is 0 Å². The quantitative estimate of drug-likeness (QED) is 0.636. The smallest absolute Gasteiger partial charge is 0.227 e. The molecule has 0 aromatic carbocycles. The van der Waals surface area contributed by atoms with E-state index in [9.17, 15) is 4.79 Å². The zero-order chi connectivity index (χ0) is 13.1. The van der Waals surface area contributed by atoms with Crippen molar-refractivity contribution >= 4 is 5.91 Å². The summed E-state index contributed by atoms with van der Waals surface area (Å²) in [6.45, 7) is 6.26. The molecule has 1 amide bonds. The van der Waals surface area contributed by atoms with Crippen molar-refractivity contribution in [2.45, 2.75) is 45.7 Å². The van der Waals surface area contributed by atoms with Gasteiger partial charge >= 0.3 is 0 Å². The van der Waals surface area contributed by atoms with Gasteiger partial charge in [-0.2, -0.15) is 0 Å². The van der Waals surface area contributed by atoms with Crippen molar-refractivity contribution in [2.24, 2.45) is 17.1 Å². The molecule has 98 valence electrons. The molecule has 0 radical (unpaired) electrons. The van der Waals surface area contributed by atoms with Crippen LogP contribution in [0.1, 0.15) is 33.6 Å². The molecule has 1 rings (SSSR count). The molecule has 1 aliphatic carbocycles. The van der Waals surface area contributed by atoms with Gasteiger partial charge in [0.15, 0.2) is 0 Å². The number of aliphatic hydroxyl groups excluding tert-OH is 1. The van der Waals surface area contributed by atoms with Crippen LogP contribution in [0.2, 0.25) is 0 Å². The first kappa shape index (κ1) is 14.2. The van der Waals surface area contributed by atoms with Crippen LogP contribution < -0.4 is 11.1 Å². The van der Waals surface area contributed by atoms with Crippen molar-refractivity contribution in [1.29, 1.82) is 0 Å². The Morgan fingerprint density at radius 2 is 2.18 bits per heavy atom. The third-order valence-corrected chi connectivity index (χ3v) is 3.23. The normalized spacial score (nSPS) is 25.9. The maximum atomic E-state index is 12.0. The number of nitrogens with two attached hydrogens (primary N) is 1. The highest BCUT2D eigenvalue weighted by atomic mass is 16.3. The highest BCUT2D eigenvalue weighted by Crippen LogP contribution is 2.23. The molecule has 0 fully saturated rings. The van der Waals surface area contributed by atoms with Gasteiger partial charge in [-0.1, -0.05) is 32.9 Å². The van der Waals surface area contributed by atoms with Crippen LogP contribution in [-0.2, 0) is 4.79 Å². The van der Waals surface area contributed by atoms with Crippen LogP contribution in [-0.4, -0.2) is 29.7 Å². The molecule has 1 aliphatic rings. The number of hydrogen-bond donors (Lipinski definition) is 3. The molecule has 0 aromatic heterocycles. The van der Waals surface area contributed by atoms with E-state index in [0.717, 1.165) is 0 Å². The fraction of sp³-hybridized carbons (Fsp3) is 0.769. The van der Waals surface area contributed by atoms with E-state index < -0.39 is 0 Å². The van der Waals surface area contributed by atoms with E-state index in [-0.39, 0.29) is 35.9 Å². The maximum absolute atomic E-state index is 12.0. The van der Waals surface area contributed by atoms with Gasteiger partial charge in [0.05, 0.1) is 5.92 Å². The molecule has 17 heavy (non-hydrogen) atoms. The Morgan fingerprint density at radius 1 is 1.53 bits per heavy atom. The average Bonchev–Trinajstić information content (AvgIpc) is 2.62. The third kappa shape index (κ3) is 4.13. The summed E-state index contributed by atoms with van der Waals surface area (Å²) in [7, 11) is 0. The minimum Gasteiger partial charge on any atom is -0.396 e. The summed E-state index contributed by atoms with van der Waals surface area (Å²) in [5.74, 6) is -0.101. The predicted octanol–water partition coefficient (Wildman–Crippen LogP) is 0.803. The lowest BCUT2D eigenvalue weighted by atomic mass is 9.84. The summed E-state index contributed by atoms with van der Waals surface area (Å²) in [6.07, 6.45) is 5.01. The van der Waals surface area contributed by atoms with Gasteiger partial charge < -0.3 is 16.2 Å². The van der Waals surface area contributed by atoms with Crippen molar-refractivity contribution in [2.75, 3.05) is 6.61 Å².